The summed E-state index contributed by atoms with van der Waals surface area (Å²) >= 11 is 1.41. The van der Waals surface area contributed by atoms with Crippen LogP contribution >= 0.6 is 11.8 Å². The maximum absolute atomic E-state index is 12.0. The Morgan fingerprint density at radius 2 is 2.08 bits per heavy atom. The molecule has 2 heterocycles. The number of hydrogen-bond acceptors (Lipinski definition) is 6. The average molecular weight is 351 g/mol. The van der Waals surface area contributed by atoms with Crippen LogP contribution in [0.2, 0.25) is 0 Å². The fraction of sp³-hybridized carbons (Fsp3) is 0.688. The molecule has 0 bridgehead atoms. The third-order valence-corrected chi connectivity index (χ3v) is 4.64. The van der Waals surface area contributed by atoms with E-state index >= 15 is 0 Å². The highest BCUT2D eigenvalue weighted by atomic mass is 32.2. The Morgan fingerprint density at radius 3 is 2.71 bits per heavy atom. The summed E-state index contributed by atoms with van der Waals surface area (Å²) in [6.07, 6.45) is 5.18. The number of morpholine rings is 1. The molecule has 0 saturated carbocycles. The van der Waals surface area contributed by atoms with E-state index in [1.807, 2.05) is 6.92 Å². The standard InChI is InChI=1S/C16H25N5O2S/c1-5-6-17-14(22)13(4)24-16-19-18-15(21(16)11-12(2)3)20-7-9-23-10-8-20/h1,12-13H,6-11H2,2-4H3,(H,17,22). The zero-order valence-corrected chi connectivity index (χ0v) is 15.3. The first-order valence-electron chi connectivity index (χ1n) is 8.16. The van der Waals surface area contributed by atoms with E-state index in [0.717, 1.165) is 30.7 Å². The van der Waals surface area contributed by atoms with Gasteiger partial charge in [-0.05, 0) is 12.8 Å². The van der Waals surface area contributed by atoms with E-state index in [1.165, 1.54) is 11.8 Å². The Kier molecular flexibility index (Phi) is 6.94. The summed E-state index contributed by atoms with van der Waals surface area (Å²) in [6.45, 7) is 10.2. The van der Waals surface area contributed by atoms with Crippen LogP contribution in [0, 0.1) is 18.3 Å². The quantitative estimate of drug-likeness (QED) is 0.584. The number of nitrogens with zero attached hydrogens (tertiary/aromatic N) is 4. The normalized spacial score (nSPS) is 16.0. The highest BCUT2D eigenvalue weighted by Gasteiger charge is 2.24. The largest absolute Gasteiger partial charge is 0.378 e. The highest BCUT2D eigenvalue weighted by Crippen LogP contribution is 2.27. The zero-order chi connectivity index (χ0) is 17.5. The molecule has 0 aromatic carbocycles. The number of terminal acetylenes is 1. The molecule has 1 fully saturated rings. The van der Waals surface area contributed by atoms with Crippen molar-refractivity contribution in [2.24, 2.45) is 5.92 Å². The van der Waals surface area contributed by atoms with Gasteiger partial charge in [0.25, 0.3) is 0 Å². The lowest BCUT2D eigenvalue weighted by molar-refractivity contribution is -0.120. The van der Waals surface area contributed by atoms with Gasteiger partial charge in [0.15, 0.2) is 5.16 Å². The van der Waals surface area contributed by atoms with Crippen LogP contribution in [0.5, 0.6) is 0 Å². The Morgan fingerprint density at radius 1 is 1.38 bits per heavy atom. The Labute approximate surface area is 147 Å². The highest BCUT2D eigenvalue weighted by molar-refractivity contribution is 8.00. The fourth-order valence-electron chi connectivity index (χ4n) is 2.38. The van der Waals surface area contributed by atoms with Crippen LogP contribution < -0.4 is 10.2 Å². The van der Waals surface area contributed by atoms with Gasteiger partial charge >= 0.3 is 0 Å². The molecule has 8 heteroatoms. The number of carbonyl (C=O) groups excluding carboxylic acids is 1. The predicted molar refractivity (Wildman–Crippen MR) is 95.1 cm³/mol. The van der Waals surface area contributed by atoms with Gasteiger partial charge in [0, 0.05) is 19.6 Å². The van der Waals surface area contributed by atoms with Gasteiger partial charge < -0.3 is 15.0 Å². The number of thioether (sulfide) groups is 1. The first-order chi connectivity index (χ1) is 11.5. The summed E-state index contributed by atoms with van der Waals surface area (Å²) in [7, 11) is 0. The van der Waals surface area contributed by atoms with E-state index in [1.54, 1.807) is 0 Å². The first kappa shape index (κ1) is 18.6. The number of aromatic nitrogens is 3. The minimum Gasteiger partial charge on any atom is -0.378 e. The van der Waals surface area contributed by atoms with Crippen LogP contribution in [-0.4, -0.2) is 58.8 Å². The van der Waals surface area contributed by atoms with Crippen molar-refractivity contribution in [3.05, 3.63) is 0 Å². The minimum absolute atomic E-state index is 0.0926. The molecule has 1 aromatic heterocycles. The molecule has 0 radical (unpaired) electrons. The third kappa shape index (κ3) is 4.89. The van der Waals surface area contributed by atoms with E-state index in [0.29, 0.717) is 19.1 Å². The summed E-state index contributed by atoms with van der Waals surface area (Å²) in [5.41, 5.74) is 0. The number of hydrogen-bond donors (Lipinski definition) is 1. The smallest absolute Gasteiger partial charge is 0.234 e. The second kappa shape index (κ2) is 8.94. The van der Waals surface area contributed by atoms with Crippen LogP contribution in [-0.2, 0) is 16.1 Å². The molecular weight excluding hydrogens is 326 g/mol. The summed E-state index contributed by atoms with van der Waals surface area (Å²) in [4.78, 5) is 14.2. The Balaban J connectivity index is 2.15. The van der Waals surface area contributed by atoms with Gasteiger partial charge in [-0.15, -0.1) is 16.6 Å². The average Bonchev–Trinajstić information content (AvgIpc) is 2.95. The van der Waals surface area contributed by atoms with Crippen LogP contribution in [0.3, 0.4) is 0 Å². The van der Waals surface area contributed by atoms with Gasteiger partial charge in [0.2, 0.25) is 11.9 Å². The second-order valence-electron chi connectivity index (χ2n) is 6.07. The van der Waals surface area contributed by atoms with Gasteiger partial charge in [0.05, 0.1) is 25.0 Å². The maximum atomic E-state index is 12.0. The number of nitrogens with one attached hydrogen (secondary N) is 1. The van der Waals surface area contributed by atoms with Crippen molar-refractivity contribution in [2.75, 3.05) is 37.7 Å². The van der Waals surface area contributed by atoms with Crippen molar-refractivity contribution >= 4 is 23.6 Å². The maximum Gasteiger partial charge on any atom is 0.234 e. The van der Waals surface area contributed by atoms with Gasteiger partial charge in [-0.25, -0.2) is 0 Å². The summed E-state index contributed by atoms with van der Waals surface area (Å²) in [5, 5.41) is 11.9. The van der Waals surface area contributed by atoms with E-state index in [9.17, 15) is 4.79 Å². The molecule has 0 spiro atoms. The van der Waals surface area contributed by atoms with Crippen LogP contribution in [0.4, 0.5) is 5.95 Å². The van der Waals surface area contributed by atoms with Crippen LogP contribution in [0.25, 0.3) is 0 Å². The lowest BCUT2D eigenvalue weighted by Gasteiger charge is -2.28. The monoisotopic (exact) mass is 351 g/mol. The molecule has 1 atom stereocenters. The number of rotatable bonds is 7. The lowest BCUT2D eigenvalue weighted by Crippen LogP contribution is -2.38. The molecule has 1 aliphatic heterocycles. The van der Waals surface area contributed by atoms with E-state index in [2.05, 4.69) is 44.7 Å². The summed E-state index contributed by atoms with van der Waals surface area (Å²) in [6, 6.07) is 0. The number of anilines is 1. The molecule has 2 rings (SSSR count). The molecule has 7 nitrogen and oxygen atoms in total. The molecule has 1 aliphatic rings. The number of ether oxygens (including phenoxy) is 1. The molecule has 1 N–H and O–H groups in total. The second-order valence-corrected chi connectivity index (χ2v) is 7.38. The Bertz CT molecular complexity index is 590. The SMILES string of the molecule is C#CCNC(=O)C(C)Sc1nnc(N2CCOCC2)n1CC(C)C. The van der Waals surface area contributed by atoms with Crippen molar-refractivity contribution < 1.29 is 9.53 Å². The molecule has 1 aromatic rings. The van der Waals surface area contributed by atoms with Crippen molar-refractivity contribution in [3.63, 3.8) is 0 Å². The van der Waals surface area contributed by atoms with Crippen molar-refractivity contribution in [2.45, 2.75) is 37.7 Å². The topological polar surface area (TPSA) is 72.3 Å². The van der Waals surface area contributed by atoms with E-state index in [-0.39, 0.29) is 17.7 Å². The van der Waals surface area contributed by atoms with Gasteiger partial charge in [-0.3, -0.25) is 9.36 Å². The van der Waals surface area contributed by atoms with Crippen molar-refractivity contribution in [3.8, 4) is 12.3 Å². The minimum atomic E-state index is -0.286. The van der Waals surface area contributed by atoms with Gasteiger partial charge in [-0.2, -0.15) is 0 Å². The molecule has 1 unspecified atom stereocenters. The molecule has 1 amide bonds. The van der Waals surface area contributed by atoms with E-state index < -0.39 is 0 Å². The molecule has 0 aliphatic carbocycles. The lowest BCUT2D eigenvalue weighted by atomic mass is 10.2. The van der Waals surface area contributed by atoms with Crippen LogP contribution in [0.1, 0.15) is 20.8 Å². The van der Waals surface area contributed by atoms with Crippen molar-refractivity contribution in [1.29, 1.82) is 0 Å². The van der Waals surface area contributed by atoms with Gasteiger partial charge in [-0.1, -0.05) is 31.5 Å². The molecule has 1 saturated heterocycles. The Hall–Kier alpha value is -1.72. The fourth-order valence-corrected chi connectivity index (χ4v) is 3.26. The summed E-state index contributed by atoms with van der Waals surface area (Å²) < 4.78 is 7.51. The predicted octanol–water partition coefficient (Wildman–Crippen LogP) is 1.00. The van der Waals surface area contributed by atoms with E-state index in [4.69, 9.17) is 11.2 Å². The number of amides is 1. The molecule has 24 heavy (non-hydrogen) atoms. The third-order valence-electron chi connectivity index (χ3n) is 3.56. The van der Waals surface area contributed by atoms with Crippen LogP contribution in [0.15, 0.2) is 5.16 Å². The molecule has 132 valence electrons. The zero-order valence-electron chi connectivity index (χ0n) is 14.5. The van der Waals surface area contributed by atoms with Crippen molar-refractivity contribution in [1.82, 2.24) is 20.1 Å². The summed E-state index contributed by atoms with van der Waals surface area (Å²) in [5.74, 6) is 3.62. The first-order valence-corrected chi connectivity index (χ1v) is 9.04. The number of carbonyl (C=O) groups is 1. The molecular formula is C16H25N5O2S. The van der Waals surface area contributed by atoms with Gasteiger partial charge in [0.1, 0.15) is 0 Å².